The van der Waals surface area contributed by atoms with Crippen LogP contribution >= 0.6 is 0 Å². The smallest absolute Gasteiger partial charge is 0 e. The second-order valence-electron chi connectivity index (χ2n) is 43.0. The number of allylic oxidation sites excluding steroid dienone is 4. The third-order valence-electron chi connectivity index (χ3n) is 35.4. The number of hydrogen-bond donors (Lipinski definition) is 0. The van der Waals surface area contributed by atoms with E-state index in [-0.39, 0.29) is 8.56 Å². The number of aryl methyl sites for hydroxylation is 6. The summed E-state index contributed by atoms with van der Waals surface area (Å²) in [6.45, 7) is 63.6. The molecule has 0 radical (unpaired) electrons. The molecule has 6 fully saturated rings. The molecule has 0 atom stereocenters. The van der Waals surface area contributed by atoms with Crippen LogP contribution in [0.4, 0.5) is 0 Å². The number of rotatable bonds is 18. The lowest BCUT2D eigenvalue weighted by atomic mass is 9.68. The summed E-state index contributed by atoms with van der Waals surface area (Å²) in [5.41, 5.74) is 49.8. The summed E-state index contributed by atoms with van der Waals surface area (Å²) in [5.74, 6) is 10.2. The van der Waals surface area contributed by atoms with Gasteiger partial charge in [0.1, 0.15) is 0 Å². The Labute approximate surface area is 847 Å². The van der Waals surface area contributed by atoms with E-state index in [1.807, 2.05) is 12.2 Å². The van der Waals surface area contributed by atoms with Gasteiger partial charge in [0, 0.05) is 8.56 Å². The molecule has 6 aliphatic carbocycles. The van der Waals surface area contributed by atoms with Gasteiger partial charge in [0.05, 0.1) is 0 Å². The van der Waals surface area contributed by atoms with Crippen molar-refractivity contribution in [1.29, 1.82) is 0 Å². The van der Waals surface area contributed by atoms with E-state index in [1.54, 1.807) is 22.3 Å². The molecule has 18 rings (SSSR count). The third kappa shape index (κ3) is 26.2. The Morgan fingerprint density at radius 1 is 0.174 bits per heavy atom. The van der Waals surface area contributed by atoms with Crippen LogP contribution in [0.5, 0.6) is 0 Å². The van der Waals surface area contributed by atoms with Crippen molar-refractivity contribution in [2.24, 2.45) is 47.3 Å². The highest BCUT2D eigenvalue weighted by Gasteiger charge is 2.34. The first kappa shape index (κ1) is 104. The SMILES string of the molecule is C=CC1CCC(C2CCC(c3ccc(C)c(C)c3C)CC2)CC1.C=CC1CCC(C2CCC(c3ccc(C)c(C)c3C)CC2)CC1.C=CC1CCC(c2ccc(-c3ccc(C)c(C)c3C)cc2)CC1.C=CC1CCC(c2ccc(-c3ccc(C)c(C)c3C)cc2)CC1.C=Cc1ccc(-c2ccc(-c3ccc(C)c(C)c3C)cc2)cc1.C=Cc1ccc(-c2ccc(-c3ccc(C)c(C)c3C)cc2)cc1.[HH].[HH].[HH].[HH].[HH].[HH]. The van der Waals surface area contributed by atoms with Crippen LogP contribution in [-0.2, 0) is 0 Å². The zero-order valence-corrected chi connectivity index (χ0v) is 88.4. The molecule has 6 aliphatic rings. The zero-order chi connectivity index (χ0) is 98.4. The van der Waals surface area contributed by atoms with Crippen LogP contribution in [0, 0.1) is 172 Å². The molecule has 12 aromatic carbocycles. The van der Waals surface area contributed by atoms with E-state index in [2.05, 4.69) is 407 Å². The van der Waals surface area contributed by atoms with E-state index in [9.17, 15) is 0 Å². The summed E-state index contributed by atoms with van der Waals surface area (Å²) < 4.78 is 0. The molecular weight excluding hydrogens is 1660 g/mol. The molecular formula is C138H180. The minimum absolute atomic E-state index is 0. The first-order chi connectivity index (χ1) is 66.6. The van der Waals surface area contributed by atoms with Gasteiger partial charge in [-0.25, -0.2) is 0 Å². The topological polar surface area (TPSA) is 0 Å². The molecule has 0 amide bonds. The summed E-state index contributed by atoms with van der Waals surface area (Å²) in [7, 11) is 0. The molecule has 0 heterocycles. The molecule has 0 N–H and O–H groups in total. The van der Waals surface area contributed by atoms with Gasteiger partial charge in [-0.15, -0.1) is 26.3 Å². The van der Waals surface area contributed by atoms with E-state index >= 15 is 0 Å². The van der Waals surface area contributed by atoms with Crippen LogP contribution in [0.1, 0.15) is 320 Å². The van der Waals surface area contributed by atoms with Crippen LogP contribution in [0.25, 0.3) is 78.9 Å². The van der Waals surface area contributed by atoms with Gasteiger partial charge in [-0.3, -0.25) is 0 Å². The molecule has 0 unspecified atom stereocenters. The highest BCUT2D eigenvalue weighted by atomic mass is 14.4. The van der Waals surface area contributed by atoms with Crippen LogP contribution in [0.2, 0.25) is 0 Å². The summed E-state index contributed by atoms with van der Waals surface area (Å²) >= 11 is 0. The Hall–Kier alpha value is -10.9. The van der Waals surface area contributed by atoms with Gasteiger partial charge in [0.2, 0.25) is 0 Å². The van der Waals surface area contributed by atoms with E-state index < -0.39 is 0 Å². The van der Waals surface area contributed by atoms with E-state index in [0.29, 0.717) is 0 Å². The van der Waals surface area contributed by atoms with Crippen molar-refractivity contribution in [2.75, 3.05) is 0 Å². The first-order valence-electron chi connectivity index (χ1n) is 53.4. The molecule has 0 spiro atoms. The molecule has 0 saturated heterocycles. The fraction of sp³-hybridized carbons (Fsp3) is 0.391. The Kier molecular flexibility index (Phi) is 37.7. The molecule has 0 aliphatic heterocycles. The van der Waals surface area contributed by atoms with Gasteiger partial charge in [-0.2, -0.15) is 0 Å². The zero-order valence-electron chi connectivity index (χ0n) is 88.4. The van der Waals surface area contributed by atoms with Crippen molar-refractivity contribution in [3.05, 3.63) is 416 Å². The van der Waals surface area contributed by atoms with Gasteiger partial charge < -0.3 is 0 Å². The fourth-order valence-corrected chi connectivity index (χ4v) is 24.0. The highest BCUT2D eigenvalue weighted by Crippen LogP contribution is 2.49. The summed E-state index contributed by atoms with van der Waals surface area (Å²) in [4.78, 5) is 0. The maximum atomic E-state index is 3.99. The van der Waals surface area contributed by atoms with Crippen molar-refractivity contribution in [2.45, 2.75) is 302 Å². The van der Waals surface area contributed by atoms with Gasteiger partial charge >= 0.3 is 0 Å². The minimum Gasteiger partial charge on any atom is -0.103 e. The monoisotopic (exact) mass is 1840 g/mol. The number of benzene rings is 12. The number of hydrogen-bond acceptors (Lipinski definition) is 0. The van der Waals surface area contributed by atoms with Crippen molar-refractivity contribution in [1.82, 2.24) is 0 Å². The summed E-state index contributed by atoms with van der Waals surface area (Å²) in [6, 6.07) is 80.7. The lowest BCUT2D eigenvalue weighted by Crippen LogP contribution is -2.25. The molecule has 0 nitrogen and oxygen atoms in total. The maximum Gasteiger partial charge on any atom is 0 e. The van der Waals surface area contributed by atoms with Crippen molar-refractivity contribution in [3.8, 4) is 66.8 Å². The molecule has 0 heteroatoms. The quantitative estimate of drug-likeness (QED) is 0.0751. The third-order valence-corrected chi connectivity index (χ3v) is 35.4. The Balaban J connectivity index is 0.000000232. The fourth-order valence-electron chi connectivity index (χ4n) is 24.0. The predicted octanol–water partition coefficient (Wildman–Crippen LogP) is 41.9. The standard InChI is InChI=1S/2C23H34.2C23H28.2C23H22.6H2/c6*1-5-19-7-9-20(10-8-19)21-11-13-22(14-12-21)23-15-6-16(2)17(3)18(23)4;;;;;;/h2*5-6,15,19-22H,1,7-14H2,2-4H3;2*5-6,11-15,19-20H,1,7-10H2,2-4H3;2*5-15H,1H2,2-4H3;6*1H. The minimum atomic E-state index is 0. The molecule has 732 valence electrons. The molecule has 0 bridgehead atoms. The van der Waals surface area contributed by atoms with Gasteiger partial charge in [0.15, 0.2) is 0 Å². The second-order valence-corrected chi connectivity index (χ2v) is 43.0. The first-order valence-corrected chi connectivity index (χ1v) is 53.4. The van der Waals surface area contributed by atoms with E-state index in [1.165, 1.54) is 321 Å². The van der Waals surface area contributed by atoms with E-state index in [4.69, 9.17) is 0 Å². The summed E-state index contributed by atoms with van der Waals surface area (Å²) in [6.07, 6.45) is 45.7. The largest absolute Gasteiger partial charge is 0.103 e. The van der Waals surface area contributed by atoms with Gasteiger partial charge in [-0.05, 0) is 550 Å². The Bertz CT molecular complexity index is 5700. The predicted molar refractivity (Wildman–Crippen MR) is 620 cm³/mol. The van der Waals surface area contributed by atoms with Crippen molar-refractivity contribution < 1.29 is 8.56 Å². The maximum absolute atomic E-state index is 3.99. The van der Waals surface area contributed by atoms with E-state index in [0.717, 1.165) is 82.1 Å². The van der Waals surface area contributed by atoms with Crippen molar-refractivity contribution >= 4 is 12.2 Å². The van der Waals surface area contributed by atoms with Crippen LogP contribution in [0.15, 0.2) is 282 Å². The van der Waals surface area contributed by atoms with Gasteiger partial charge in [0.25, 0.3) is 0 Å². The average Bonchev–Trinajstić information content (AvgIpc) is 0.824. The van der Waals surface area contributed by atoms with Crippen LogP contribution < -0.4 is 0 Å². The Morgan fingerprint density at radius 3 is 0.580 bits per heavy atom. The second kappa shape index (κ2) is 49.8. The normalized spacial score (nSPS) is 21.2. The molecule has 6 saturated carbocycles. The van der Waals surface area contributed by atoms with Gasteiger partial charge in [-0.1, -0.05) is 268 Å². The molecule has 138 heavy (non-hydrogen) atoms. The molecule has 12 aromatic rings. The lowest BCUT2D eigenvalue weighted by molar-refractivity contribution is 0.171. The van der Waals surface area contributed by atoms with Crippen molar-refractivity contribution in [3.63, 3.8) is 0 Å². The highest BCUT2D eigenvalue weighted by molar-refractivity contribution is 5.77. The van der Waals surface area contributed by atoms with Crippen LogP contribution in [0.3, 0.4) is 0 Å². The average molecular weight is 1840 g/mol. The lowest BCUT2D eigenvalue weighted by Gasteiger charge is -2.38. The Morgan fingerprint density at radius 2 is 0.355 bits per heavy atom. The molecule has 0 aromatic heterocycles. The summed E-state index contributed by atoms with van der Waals surface area (Å²) in [5, 5.41) is 0. The van der Waals surface area contributed by atoms with Crippen LogP contribution in [-0.4, -0.2) is 0 Å².